The van der Waals surface area contributed by atoms with Gasteiger partial charge in [-0.3, -0.25) is 4.40 Å². The highest BCUT2D eigenvalue weighted by molar-refractivity contribution is 5.76. The Kier molecular flexibility index (Phi) is 4.17. The zero-order valence-electron chi connectivity index (χ0n) is 15.0. The van der Waals surface area contributed by atoms with Gasteiger partial charge in [0.2, 0.25) is 5.78 Å². The van der Waals surface area contributed by atoms with Crippen molar-refractivity contribution in [2.45, 2.75) is 19.8 Å². The van der Waals surface area contributed by atoms with Crippen molar-refractivity contribution in [3.8, 4) is 28.5 Å². The van der Waals surface area contributed by atoms with Gasteiger partial charge >= 0.3 is 0 Å². The Morgan fingerprint density at radius 2 is 1.89 bits per heavy atom. The Labute approximate surface area is 156 Å². The molecule has 0 atom stereocenters. The molecule has 2 aromatic carbocycles. The number of halogens is 1. The first-order chi connectivity index (χ1) is 13.1. The maximum atomic E-state index is 14.5. The molecule has 0 radical (unpaired) electrons. The summed E-state index contributed by atoms with van der Waals surface area (Å²) in [4.78, 5) is 8.98. The SMILES string of the molecule is CC(C)c1ccn2c(-c3ccc(F)c(-c4ccccc4C#N)c3)cnc2n1. The van der Waals surface area contributed by atoms with Gasteiger partial charge in [-0.25, -0.2) is 14.4 Å². The van der Waals surface area contributed by atoms with E-state index in [9.17, 15) is 9.65 Å². The van der Waals surface area contributed by atoms with Gasteiger partial charge in [0.25, 0.3) is 0 Å². The first-order valence-electron chi connectivity index (χ1n) is 8.72. The van der Waals surface area contributed by atoms with Crippen LogP contribution in [0.15, 0.2) is 60.9 Å². The third kappa shape index (κ3) is 2.96. The molecule has 0 aliphatic rings. The Morgan fingerprint density at radius 1 is 1.07 bits per heavy atom. The molecule has 2 aromatic heterocycles. The summed E-state index contributed by atoms with van der Waals surface area (Å²) in [6, 6.07) is 16.0. The van der Waals surface area contributed by atoms with Gasteiger partial charge in [-0.15, -0.1) is 0 Å². The molecule has 0 saturated carbocycles. The van der Waals surface area contributed by atoms with E-state index in [1.807, 2.05) is 16.7 Å². The number of aromatic nitrogens is 3. The fraction of sp³-hybridized carbons (Fsp3) is 0.136. The average molecular weight is 356 g/mol. The quantitative estimate of drug-likeness (QED) is 0.507. The zero-order valence-corrected chi connectivity index (χ0v) is 15.0. The second kappa shape index (κ2) is 6.65. The first-order valence-corrected chi connectivity index (χ1v) is 8.72. The van der Waals surface area contributed by atoms with Crippen LogP contribution in [0.25, 0.3) is 28.2 Å². The number of fused-ring (bicyclic) bond motifs is 1. The number of rotatable bonds is 3. The smallest absolute Gasteiger partial charge is 0.234 e. The van der Waals surface area contributed by atoms with Crippen molar-refractivity contribution in [3.05, 3.63) is 78.0 Å². The van der Waals surface area contributed by atoms with Gasteiger partial charge < -0.3 is 0 Å². The highest BCUT2D eigenvalue weighted by Crippen LogP contribution is 2.31. The molecule has 27 heavy (non-hydrogen) atoms. The minimum Gasteiger partial charge on any atom is -0.284 e. The predicted octanol–water partition coefficient (Wildman–Crippen LogP) is 5.20. The Bertz CT molecular complexity index is 1180. The van der Waals surface area contributed by atoms with E-state index in [0.29, 0.717) is 28.4 Å². The molecular formula is C22H17FN4. The van der Waals surface area contributed by atoms with Crippen LogP contribution < -0.4 is 0 Å². The van der Waals surface area contributed by atoms with Crippen molar-refractivity contribution < 1.29 is 4.39 Å². The van der Waals surface area contributed by atoms with E-state index in [1.165, 1.54) is 6.07 Å². The van der Waals surface area contributed by atoms with Gasteiger partial charge in [0.05, 0.1) is 23.5 Å². The summed E-state index contributed by atoms with van der Waals surface area (Å²) in [6.07, 6.45) is 3.67. The third-order valence-corrected chi connectivity index (χ3v) is 4.59. The maximum absolute atomic E-state index is 14.5. The maximum Gasteiger partial charge on any atom is 0.234 e. The van der Waals surface area contributed by atoms with Gasteiger partial charge in [0.15, 0.2) is 0 Å². The largest absolute Gasteiger partial charge is 0.284 e. The number of hydrogen-bond acceptors (Lipinski definition) is 3. The summed E-state index contributed by atoms with van der Waals surface area (Å²) in [7, 11) is 0. The molecule has 0 unspecified atom stereocenters. The van der Waals surface area contributed by atoms with E-state index in [2.05, 4.69) is 29.9 Å². The van der Waals surface area contributed by atoms with Crippen LogP contribution in [0, 0.1) is 17.1 Å². The number of benzene rings is 2. The van der Waals surface area contributed by atoms with Crippen LogP contribution in [0.2, 0.25) is 0 Å². The van der Waals surface area contributed by atoms with E-state index in [1.54, 1.807) is 42.6 Å². The van der Waals surface area contributed by atoms with Gasteiger partial charge in [-0.1, -0.05) is 32.0 Å². The number of hydrogen-bond donors (Lipinski definition) is 0. The van der Waals surface area contributed by atoms with Crippen LogP contribution in [0.3, 0.4) is 0 Å². The fourth-order valence-electron chi connectivity index (χ4n) is 3.13. The van der Waals surface area contributed by atoms with E-state index in [0.717, 1.165) is 17.0 Å². The van der Waals surface area contributed by atoms with Crippen molar-refractivity contribution in [1.29, 1.82) is 5.26 Å². The molecule has 0 saturated heterocycles. The molecule has 0 amide bonds. The van der Waals surface area contributed by atoms with E-state index in [-0.39, 0.29) is 5.82 Å². The molecule has 0 aliphatic heterocycles. The standard InChI is InChI=1S/C22H17FN4/c1-14(2)20-9-10-27-21(13-25-22(27)26-20)15-7-8-19(23)18(11-15)17-6-4-3-5-16(17)12-24/h3-11,13-14H,1-2H3. The van der Waals surface area contributed by atoms with Crippen LogP contribution in [-0.2, 0) is 0 Å². The lowest BCUT2D eigenvalue weighted by Gasteiger charge is -2.09. The molecule has 5 heteroatoms. The summed E-state index contributed by atoms with van der Waals surface area (Å²) in [5.74, 6) is 0.560. The lowest BCUT2D eigenvalue weighted by Crippen LogP contribution is -1.98. The van der Waals surface area contributed by atoms with Crippen molar-refractivity contribution in [1.82, 2.24) is 14.4 Å². The predicted molar refractivity (Wildman–Crippen MR) is 103 cm³/mol. The van der Waals surface area contributed by atoms with Gasteiger partial charge in [0, 0.05) is 28.6 Å². The lowest BCUT2D eigenvalue weighted by atomic mass is 9.97. The first kappa shape index (κ1) is 16.9. The van der Waals surface area contributed by atoms with Crippen LogP contribution in [-0.4, -0.2) is 14.4 Å². The monoisotopic (exact) mass is 356 g/mol. The molecule has 132 valence electrons. The minimum absolute atomic E-state index is 0.315. The summed E-state index contributed by atoms with van der Waals surface area (Å²) < 4.78 is 16.4. The molecule has 0 N–H and O–H groups in total. The second-order valence-corrected chi connectivity index (χ2v) is 6.67. The van der Waals surface area contributed by atoms with Crippen molar-refractivity contribution in [3.63, 3.8) is 0 Å². The summed E-state index contributed by atoms with van der Waals surface area (Å²) in [5.41, 5.74) is 4.02. The summed E-state index contributed by atoms with van der Waals surface area (Å²) in [6.45, 7) is 4.17. The van der Waals surface area contributed by atoms with Crippen LogP contribution in [0.1, 0.15) is 31.0 Å². The van der Waals surface area contributed by atoms with Crippen LogP contribution in [0.4, 0.5) is 4.39 Å². The van der Waals surface area contributed by atoms with Gasteiger partial charge in [-0.2, -0.15) is 5.26 Å². The molecule has 0 spiro atoms. The minimum atomic E-state index is -0.365. The highest BCUT2D eigenvalue weighted by Gasteiger charge is 2.14. The Morgan fingerprint density at radius 3 is 2.67 bits per heavy atom. The topological polar surface area (TPSA) is 54.0 Å². The van der Waals surface area contributed by atoms with Crippen LogP contribution in [0.5, 0.6) is 0 Å². The molecule has 0 fully saturated rings. The summed E-state index contributed by atoms with van der Waals surface area (Å²) in [5, 5.41) is 9.34. The Balaban J connectivity index is 1.87. The number of nitrogens with zero attached hydrogens (tertiary/aromatic N) is 4. The normalized spacial score (nSPS) is 11.1. The molecule has 0 aliphatic carbocycles. The Hall–Kier alpha value is -3.52. The van der Waals surface area contributed by atoms with Gasteiger partial charge in [-0.05, 0) is 36.2 Å². The molecule has 4 aromatic rings. The lowest BCUT2D eigenvalue weighted by molar-refractivity contribution is 0.631. The third-order valence-electron chi connectivity index (χ3n) is 4.59. The van der Waals surface area contributed by atoms with Gasteiger partial charge in [0.1, 0.15) is 5.82 Å². The molecule has 4 rings (SSSR count). The van der Waals surface area contributed by atoms with Crippen LogP contribution >= 0.6 is 0 Å². The van der Waals surface area contributed by atoms with E-state index in [4.69, 9.17) is 0 Å². The van der Waals surface area contributed by atoms with Crippen molar-refractivity contribution in [2.75, 3.05) is 0 Å². The van der Waals surface area contributed by atoms with E-state index < -0.39 is 0 Å². The molecule has 4 nitrogen and oxygen atoms in total. The molecule has 2 heterocycles. The summed E-state index contributed by atoms with van der Waals surface area (Å²) >= 11 is 0. The molecular weight excluding hydrogens is 339 g/mol. The van der Waals surface area contributed by atoms with Crippen molar-refractivity contribution >= 4 is 5.78 Å². The van der Waals surface area contributed by atoms with Crippen molar-refractivity contribution in [2.24, 2.45) is 0 Å². The highest BCUT2D eigenvalue weighted by atomic mass is 19.1. The second-order valence-electron chi connectivity index (χ2n) is 6.67. The van der Waals surface area contributed by atoms with E-state index >= 15 is 0 Å². The average Bonchev–Trinajstić information content (AvgIpc) is 3.11. The molecule has 0 bridgehead atoms. The number of imidazole rings is 1. The zero-order chi connectivity index (χ0) is 19.0. The fourth-order valence-corrected chi connectivity index (χ4v) is 3.13. The number of nitriles is 1.